The molecule has 0 spiro atoms. The lowest BCUT2D eigenvalue weighted by molar-refractivity contribution is 0.170. The van der Waals surface area contributed by atoms with Gasteiger partial charge in [-0.05, 0) is 35.9 Å². The predicted molar refractivity (Wildman–Crippen MR) is 83.8 cm³/mol. The molecule has 0 aliphatic rings. The molecular formula is C17H29NO2. The topological polar surface area (TPSA) is 52.5 Å². The van der Waals surface area contributed by atoms with Crippen LogP contribution in [0.3, 0.4) is 0 Å². The maximum Gasteiger partial charge on any atom is 0.0914 e. The molecule has 0 aromatic heterocycles. The summed E-state index contributed by atoms with van der Waals surface area (Å²) >= 11 is 0. The Morgan fingerprint density at radius 2 is 1.65 bits per heavy atom. The maximum absolute atomic E-state index is 10.2. The van der Waals surface area contributed by atoms with Crippen LogP contribution >= 0.6 is 0 Å². The second-order valence-corrected chi connectivity index (χ2v) is 5.78. The molecule has 3 N–H and O–H groups in total. The highest BCUT2D eigenvalue weighted by Gasteiger charge is 2.10. The summed E-state index contributed by atoms with van der Waals surface area (Å²) in [7, 11) is 0. The Balaban J connectivity index is 2.40. The monoisotopic (exact) mass is 279 g/mol. The molecule has 3 nitrogen and oxygen atoms in total. The van der Waals surface area contributed by atoms with Gasteiger partial charge in [0.05, 0.1) is 6.10 Å². The summed E-state index contributed by atoms with van der Waals surface area (Å²) < 4.78 is 0. The summed E-state index contributed by atoms with van der Waals surface area (Å²) in [4.78, 5) is 0. The van der Waals surface area contributed by atoms with Gasteiger partial charge in [0.2, 0.25) is 0 Å². The number of nitrogens with one attached hydrogen (secondary N) is 1. The third-order valence-electron chi connectivity index (χ3n) is 3.87. The highest BCUT2D eigenvalue weighted by atomic mass is 16.3. The average molecular weight is 279 g/mol. The van der Waals surface area contributed by atoms with Crippen molar-refractivity contribution in [2.45, 2.75) is 45.6 Å². The zero-order valence-electron chi connectivity index (χ0n) is 13.0. The fraction of sp³-hybridized carbons (Fsp3) is 0.647. The van der Waals surface area contributed by atoms with E-state index in [4.69, 9.17) is 5.11 Å². The van der Waals surface area contributed by atoms with E-state index in [1.165, 1.54) is 5.56 Å². The Kier molecular flexibility index (Phi) is 7.82. The van der Waals surface area contributed by atoms with Crippen molar-refractivity contribution in [1.29, 1.82) is 0 Å². The molecule has 0 amide bonds. The molecule has 20 heavy (non-hydrogen) atoms. The largest absolute Gasteiger partial charge is 0.396 e. The minimum absolute atomic E-state index is 0.236. The maximum atomic E-state index is 10.2. The van der Waals surface area contributed by atoms with Crippen LogP contribution in [0.2, 0.25) is 0 Å². The second kappa shape index (κ2) is 9.11. The first-order valence-electron chi connectivity index (χ1n) is 7.68. The van der Waals surface area contributed by atoms with Crippen LogP contribution in [-0.4, -0.2) is 29.9 Å². The van der Waals surface area contributed by atoms with Crippen molar-refractivity contribution in [1.82, 2.24) is 5.32 Å². The van der Waals surface area contributed by atoms with Crippen LogP contribution in [0, 0.1) is 5.92 Å². The van der Waals surface area contributed by atoms with E-state index >= 15 is 0 Å². The van der Waals surface area contributed by atoms with E-state index in [1.54, 1.807) is 0 Å². The normalized spacial score (nSPS) is 14.5. The Hall–Kier alpha value is -0.900. The molecule has 0 saturated heterocycles. The zero-order chi connectivity index (χ0) is 15.0. The molecule has 0 bridgehead atoms. The summed E-state index contributed by atoms with van der Waals surface area (Å²) in [6, 6.07) is 8.19. The molecule has 2 atom stereocenters. The van der Waals surface area contributed by atoms with Gasteiger partial charge in [0.1, 0.15) is 0 Å². The molecule has 0 radical (unpaired) electrons. The molecule has 1 aromatic carbocycles. The first-order valence-corrected chi connectivity index (χ1v) is 7.68. The lowest BCUT2D eigenvalue weighted by Gasteiger charge is -2.17. The van der Waals surface area contributed by atoms with E-state index in [1.807, 2.05) is 12.1 Å². The molecule has 3 heteroatoms. The second-order valence-electron chi connectivity index (χ2n) is 5.78. The number of aliphatic hydroxyl groups is 2. The van der Waals surface area contributed by atoms with Gasteiger partial charge >= 0.3 is 0 Å². The quantitative estimate of drug-likeness (QED) is 0.651. The van der Waals surface area contributed by atoms with Gasteiger partial charge in [0.25, 0.3) is 0 Å². The van der Waals surface area contributed by atoms with E-state index in [-0.39, 0.29) is 6.61 Å². The van der Waals surface area contributed by atoms with Gasteiger partial charge in [-0.25, -0.2) is 0 Å². The van der Waals surface area contributed by atoms with Crippen molar-refractivity contribution in [2.75, 3.05) is 19.7 Å². The first-order chi connectivity index (χ1) is 9.58. The van der Waals surface area contributed by atoms with Crippen LogP contribution in [0.15, 0.2) is 24.3 Å². The van der Waals surface area contributed by atoms with Crippen molar-refractivity contribution in [3.8, 4) is 0 Å². The van der Waals surface area contributed by atoms with Gasteiger partial charge in [-0.15, -0.1) is 0 Å². The van der Waals surface area contributed by atoms with Gasteiger partial charge in [-0.1, -0.05) is 51.5 Å². The standard InChI is InChI=1S/C17H29NO2/c1-4-14(9-10-19)11-18-12-17(20)16-7-5-15(6-8-16)13(2)3/h5-8,13-14,17-20H,4,9-12H2,1-3H3. The number of hydrogen-bond acceptors (Lipinski definition) is 3. The Labute approximate surface area is 123 Å². The van der Waals surface area contributed by atoms with Crippen molar-refractivity contribution >= 4 is 0 Å². The number of hydrogen-bond donors (Lipinski definition) is 3. The first kappa shape index (κ1) is 17.2. The van der Waals surface area contributed by atoms with Crippen molar-refractivity contribution < 1.29 is 10.2 Å². The van der Waals surface area contributed by atoms with Crippen LogP contribution in [0.25, 0.3) is 0 Å². The fourth-order valence-electron chi connectivity index (χ4n) is 2.28. The van der Waals surface area contributed by atoms with Crippen LogP contribution < -0.4 is 5.32 Å². The Morgan fingerprint density at radius 1 is 1.05 bits per heavy atom. The highest BCUT2D eigenvalue weighted by Crippen LogP contribution is 2.18. The molecule has 114 valence electrons. The molecule has 0 fully saturated rings. The Morgan fingerprint density at radius 3 is 2.15 bits per heavy atom. The molecule has 0 saturated carbocycles. The van der Waals surface area contributed by atoms with Crippen LogP contribution in [0.5, 0.6) is 0 Å². The van der Waals surface area contributed by atoms with Crippen molar-refractivity contribution in [3.63, 3.8) is 0 Å². The van der Waals surface area contributed by atoms with Crippen LogP contribution in [0.1, 0.15) is 56.8 Å². The van der Waals surface area contributed by atoms with Crippen LogP contribution in [0.4, 0.5) is 0 Å². The molecular weight excluding hydrogens is 250 g/mol. The number of aliphatic hydroxyl groups excluding tert-OH is 2. The Bertz CT molecular complexity index is 362. The minimum Gasteiger partial charge on any atom is -0.396 e. The van der Waals surface area contributed by atoms with Gasteiger partial charge in [0.15, 0.2) is 0 Å². The molecule has 0 aliphatic heterocycles. The fourth-order valence-corrected chi connectivity index (χ4v) is 2.28. The van der Waals surface area contributed by atoms with Crippen molar-refractivity contribution in [2.24, 2.45) is 5.92 Å². The molecule has 1 rings (SSSR count). The smallest absolute Gasteiger partial charge is 0.0914 e. The predicted octanol–water partition coefficient (Wildman–Crippen LogP) is 2.84. The van der Waals surface area contributed by atoms with Gasteiger partial charge < -0.3 is 15.5 Å². The van der Waals surface area contributed by atoms with E-state index in [0.29, 0.717) is 18.4 Å². The number of benzene rings is 1. The van der Waals surface area contributed by atoms with Gasteiger partial charge in [-0.3, -0.25) is 0 Å². The van der Waals surface area contributed by atoms with E-state index in [9.17, 15) is 5.11 Å². The van der Waals surface area contributed by atoms with Gasteiger partial charge in [-0.2, -0.15) is 0 Å². The van der Waals surface area contributed by atoms with Crippen LogP contribution in [-0.2, 0) is 0 Å². The minimum atomic E-state index is -0.470. The summed E-state index contributed by atoms with van der Waals surface area (Å²) in [6.45, 7) is 8.10. The molecule has 2 unspecified atom stereocenters. The van der Waals surface area contributed by atoms with E-state index < -0.39 is 6.10 Å². The summed E-state index contributed by atoms with van der Waals surface area (Å²) in [5, 5.41) is 22.4. The SMILES string of the molecule is CCC(CCO)CNCC(O)c1ccc(C(C)C)cc1. The molecule has 0 heterocycles. The third kappa shape index (κ3) is 5.61. The third-order valence-corrected chi connectivity index (χ3v) is 3.87. The van der Waals surface area contributed by atoms with Gasteiger partial charge in [0, 0.05) is 13.2 Å². The average Bonchev–Trinajstić information content (AvgIpc) is 2.46. The number of rotatable bonds is 9. The lowest BCUT2D eigenvalue weighted by Crippen LogP contribution is -2.27. The van der Waals surface area contributed by atoms with E-state index in [2.05, 4.69) is 38.2 Å². The molecule has 0 aliphatic carbocycles. The lowest BCUT2D eigenvalue weighted by atomic mass is 9.99. The summed E-state index contributed by atoms with van der Waals surface area (Å²) in [5.74, 6) is 0.999. The highest BCUT2D eigenvalue weighted by molar-refractivity contribution is 5.26. The molecule has 1 aromatic rings. The summed E-state index contributed by atoms with van der Waals surface area (Å²) in [5.41, 5.74) is 2.25. The van der Waals surface area contributed by atoms with Crippen molar-refractivity contribution in [3.05, 3.63) is 35.4 Å². The summed E-state index contributed by atoms with van der Waals surface area (Å²) in [6.07, 6.45) is 1.40. The zero-order valence-corrected chi connectivity index (χ0v) is 13.0. The van der Waals surface area contributed by atoms with E-state index in [0.717, 1.165) is 24.9 Å².